The van der Waals surface area contributed by atoms with Crippen LogP contribution in [0.25, 0.3) is 0 Å². The number of hydrogen-bond acceptors (Lipinski definition) is 3. The summed E-state index contributed by atoms with van der Waals surface area (Å²) in [5, 5.41) is 3.01. The van der Waals surface area contributed by atoms with E-state index in [2.05, 4.69) is 5.32 Å². The largest absolute Gasteiger partial charge is 0.352 e. The Kier molecular flexibility index (Phi) is 4.01. The zero-order valence-electron chi connectivity index (χ0n) is 10.9. The van der Waals surface area contributed by atoms with Gasteiger partial charge >= 0.3 is 0 Å². The maximum atomic E-state index is 12.0. The number of nitrogens with zero attached hydrogens (tertiary/aromatic N) is 1. The van der Waals surface area contributed by atoms with Crippen molar-refractivity contribution in [3.8, 4) is 0 Å². The number of rotatable bonds is 3. The minimum Gasteiger partial charge on any atom is -0.352 e. The van der Waals surface area contributed by atoms with E-state index in [1.807, 2.05) is 0 Å². The second kappa shape index (κ2) is 5.42. The SMILES string of the molecule is CC(C)NC(=O)CN1C(=O)C(=O)c2c(Cl)ccc(Cl)c21. The average molecular weight is 315 g/mol. The van der Waals surface area contributed by atoms with Gasteiger partial charge in [-0.2, -0.15) is 0 Å². The van der Waals surface area contributed by atoms with Gasteiger partial charge in [0, 0.05) is 6.04 Å². The molecule has 20 heavy (non-hydrogen) atoms. The van der Waals surface area contributed by atoms with Crippen molar-refractivity contribution in [1.29, 1.82) is 0 Å². The van der Waals surface area contributed by atoms with Gasteiger partial charge in [0.1, 0.15) is 6.54 Å². The van der Waals surface area contributed by atoms with Crippen LogP contribution in [0.5, 0.6) is 0 Å². The molecule has 1 aromatic carbocycles. The van der Waals surface area contributed by atoms with Crippen molar-refractivity contribution in [2.75, 3.05) is 11.4 Å². The van der Waals surface area contributed by atoms with Crippen LogP contribution in [-0.4, -0.2) is 30.2 Å². The van der Waals surface area contributed by atoms with Crippen LogP contribution in [-0.2, 0) is 9.59 Å². The van der Waals surface area contributed by atoms with E-state index in [1.54, 1.807) is 13.8 Å². The molecule has 1 heterocycles. The summed E-state index contributed by atoms with van der Waals surface area (Å²) in [7, 11) is 0. The van der Waals surface area contributed by atoms with E-state index in [1.165, 1.54) is 12.1 Å². The first-order chi connectivity index (χ1) is 9.32. The molecule has 106 valence electrons. The summed E-state index contributed by atoms with van der Waals surface area (Å²) in [6.07, 6.45) is 0. The predicted octanol–water partition coefficient (Wildman–Crippen LogP) is 2.05. The average Bonchev–Trinajstić information content (AvgIpc) is 2.59. The van der Waals surface area contributed by atoms with Gasteiger partial charge in [-0.05, 0) is 26.0 Å². The van der Waals surface area contributed by atoms with Gasteiger partial charge in [-0.15, -0.1) is 0 Å². The fourth-order valence-electron chi connectivity index (χ4n) is 2.01. The van der Waals surface area contributed by atoms with E-state index in [0.717, 1.165) is 4.90 Å². The van der Waals surface area contributed by atoms with Gasteiger partial charge in [-0.1, -0.05) is 23.2 Å². The quantitative estimate of drug-likeness (QED) is 0.868. The molecule has 0 unspecified atom stereocenters. The number of benzene rings is 1. The van der Waals surface area contributed by atoms with Crippen molar-refractivity contribution in [2.24, 2.45) is 0 Å². The zero-order chi connectivity index (χ0) is 15.0. The van der Waals surface area contributed by atoms with Gasteiger partial charge in [0.15, 0.2) is 0 Å². The standard InChI is InChI=1S/C13H12Cl2N2O3/c1-6(2)16-9(18)5-17-11-8(15)4-3-7(14)10(11)12(19)13(17)20/h3-4,6H,5H2,1-2H3,(H,16,18). The number of carbonyl (C=O) groups is 3. The zero-order valence-corrected chi connectivity index (χ0v) is 12.4. The second-order valence-electron chi connectivity index (χ2n) is 4.70. The number of amides is 2. The summed E-state index contributed by atoms with van der Waals surface area (Å²) in [4.78, 5) is 36.7. The summed E-state index contributed by atoms with van der Waals surface area (Å²) in [6.45, 7) is 3.33. The molecule has 1 aromatic rings. The molecule has 1 N–H and O–H groups in total. The smallest absolute Gasteiger partial charge is 0.300 e. The molecule has 0 atom stereocenters. The maximum absolute atomic E-state index is 12.0. The minimum atomic E-state index is -0.797. The number of ketones is 1. The van der Waals surface area contributed by atoms with Crippen molar-refractivity contribution in [3.63, 3.8) is 0 Å². The van der Waals surface area contributed by atoms with E-state index in [4.69, 9.17) is 23.2 Å². The third-order valence-electron chi connectivity index (χ3n) is 2.77. The van der Waals surface area contributed by atoms with Crippen molar-refractivity contribution in [1.82, 2.24) is 5.32 Å². The summed E-state index contributed by atoms with van der Waals surface area (Å²) in [5.74, 6) is -1.91. The van der Waals surface area contributed by atoms with E-state index in [0.29, 0.717) is 0 Å². The molecule has 0 aliphatic carbocycles. The monoisotopic (exact) mass is 314 g/mol. The van der Waals surface area contributed by atoms with E-state index in [9.17, 15) is 14.4 Å². The van der Waals surface area contributed by atoms with Crippen LogP contribution < -0.4 is 10.2 Å². The molecule has 1 aliphatic heterocycles. The van der Waals surface area contributed by atoms with Crippen molar-refractivity contribution >= 4 is 46.5 Å². The lowest BCUT2D eigenvalue weighted by Gasteiger charge is -2.18. The lowest BCUT2D eigenvalue weighted by atomic mass is 10.1. The Morgan fingerprint density at radius 1 is 1.25 bits per heavy atom. The molecular formula is C13H12Cl2N2O3. The van der Waals surface area contributed by atoms with Crippen LogP contribution in [0.15, 0.2) is 12.1 Å². The Hall–Kier alpha value is -1.59. The Labute approximate surface area is 125 Å². The Bertz CT molecular complexity index is 614. The van der Waals surface area contributed by atoms with E-state index < -0.39 is 11.7 Å². The molecule has 0 fully saturated rings. The van der Waals surface area contributed by atoms with Gasteiger partial charge in [-0.25, -0.2) is 0 Å². The summed E-state index contributed by atoms with van der Waals surface area (Å²) in [6, 6.07) is 2.87. The maximum Gasteiger partial charge on any atom is 0.300 e. The van der Waals surface area contributed by atoms with E-state index in [-0.39, 0.29) is 39.8 Å². The number of carbonyl (C=O) groups excluding carboxylic acids is 3. The Morgan fingerprint density at radius 3 is 2.45 bits per heavy atom. The van der Waals surface area contributed by atoms with Gasteiger partial charge in [0.05, 0.1) is 21.3 Å². The third kappa shape index (κ3) is 2.51. The third-order valence-corrected chi connectivity index (χ3v) is 3.39. The fourth-order valence-corrected chi connectivity index (χ4v) is 2.51. The molecule has 5 nitrogen and oxygen atoms in total. The topological polar surface area (TPSA) is 66.5 Å². The number of anilines is 1. The van der Waals surface area contributed by atoms with Crippen LogP contribution >= 0.6 is 23.2 Å². The number of Topliss-reactive ketones (excluding diaryl/α,β-unsaturated/α-hetero) is 1. The highest BCUT2D eigenvalue weighted by Crippen LogP contribution is 2.39. The highest BCUT2D eigenvalue weighted by Gasteiger charge is 2.40. The predicted molar refractivity (Wildman–Crippen MR) is 76.4 cm³/mol. The lowest BCUT2D eigenvalue weighted by Crippen LogP contribution is -2.42. The lowest BCUT2D eigenvalue weighted by molar-refractivity contribution is -0.122. The van der Waals surface area contributed by atoms with Gasteiger partial charge < -0.3 is 5.32 Å². The molecule has 1 aliphatic rings. The molecular weight excluding hydrogens is 303 g/mol. The first-order valence-corrected chi connectivity index (χ1v) is 6.72. The summed E-state index contributed by atoms with van der Waals surface area (Å²) < 4.78 is 0. The highest BCUT2D eigenvalue weighted by atomic mass is 35.5. The first-order valence-electron chi connectivity index (χ1n) is 5.96. The van der Waals surface area contributed by atoms with Crippen LogP contribution in [0.2, 0.25) is 10.0 Å². The van der Waals surface area contributed by atoms with Crippen LogP contribution in [0.4, 0.5) is 5.69 Å². The molecule has 0 aromatic heterocycles. The van der Waals surface area contributed by atoms with Crippen molar-refractivity contribution < 1.29 is 14.4 Å². The molecule has 0 saturated carbocycles. The Morgan fingerprint density at radius 2 is 1.85 bits per heavy atom. The molecule has 0 radical (unpaired) electrons. The van der Waals surface area contributed by atoms with Crippen LogP contribution in [0, 0.1) is 0 Å². The molecule has 0 bridgehead atoms. The van der Waals surface area contributed by atoms with Crippen LogP contribution in [0.1, 0.15) is 24.2 Å². The number of fused-ring (bicyclic) bond motifs is 1. The molecule has 0 saturated heterocycles. The van der Waals surface area contributed by atoms with Gasteiger partial charge in [-0.3, -0.25) is 19.3 Å². The first kappa shape index (κ1) is 14.8. The number of nitrogens with one attached hydrogen (secondary N) is 1. The normalized spacial score (nSPS) is 13.9. The van der Waals surface area contributed by atoms with Crippen molar-refractivity contribution in [3.05, 3.63) is 27.7 Å². The van der Waals surface area contributed by atoms with Crippen molar-refractivity contribution in [2.45, 2.75) is 19.9 Å². The molecule has 0 spiro atoms. The van der Waals surface area contributed by atoms with Gasteiger partial charge in [0.2, 0.25) is 5.91 Å². The molecule has 2 amide bonds. The van der Waals surface area contributed by atoms with Gasteiger partial charge in [0.25, 0.3) is 11.7 Å². The van der Waals surface area contributed by atoms with E-state index >= 15 is 0 Å². The Balaban J connectivity index is 2.38. The fraction of sp³-hybridized carbons (Fsp3) is 0.308. The number of halogens is 2. The highest BCUT2D eigenvalue weighted by molar-refractivity contribution is 6.57. The van der Waals surface area contributed by atoms with Crippen LogP contribution in [0.3, 0.4) is 0 Å². The number of hydrogen-bond donors (Lipinski definition) is 1. The minimum absolute atomic E-state index is 0.0570. The molecule has 7 heteroatoms. The second-order valence-corrected chi connectivity index (χ2v) is 5.51. The molecule has 2 rings (SSSR count). The summed E-state index contributed by atoms with van der Waals surface area (Å²) in [5.41, 5.74) is 0.259. The summed E-state index contributed by atoms with van der Waals surface area (Å²) >= 11 is 11.9.